The molecule has 2 aromatic carbocycles. The molecule has 0 fully saturated rings. The summed E-state index contributed by atoms with van der Waals surface area (Å²) < 4.78 is 20.0. The van der Waals surface area contributed by atoms with Gasteiger partial charge in [-0.3, -0.25) is 0 Å². The standard InChI is InChI=1S/C17H9Br2FN2O/c18-15-6-12(5-13(8-21)9-22)7-16(19)17(15)23-10-11-1-3-14(20)4-2-11/h1-7H,10H2. The van der Waals surface area contributed by atoms with Crippen LogP contribution in [0.1, 0.15) is 11.1 Å². The third kappa shape index (κ3) is 4.66. The molecule has 0 aromatic heterocycles. The van der Waals surface area contributed by atoms with Gasteiger partial charge in [0.2, 0.25) is 0 Å². The van der Waals surface area contributed by atoms with Crippen molar-refractivity contribution >= 4 is 37.9 Å². The molecule has 114 valence electrons. The minimum absolute atomic E-state index is 0.0174. The van der Waals surface area contributed by atoms with E-state index in [1.807, 2.05) is 12.1 Å². The van der Waals surface area contributed by atoms with Crippen molar-refractivity contribution in [2.45, 2.75) is 6.61 Å². The molecule has 0 heterocycles. The molecular weight excluding hydrogens is 427 g/mol. The summed E-state index contributed by atoms with van der Waals surface area (Å²) in [5.41, 5.74) is 1.55. The van der Waals surface area contributed by atoms with Crippen LogP contribution in [-0.4, -0.2) is 0 Å². The fourth-order valence-electron chi connectivity index (χ4n) is 1.79. The highest BCUT2D eigenvalue weighted by molar-refractivity contribution is 9.11. The summed E-state index contributed by atoms with van der Waals surface area (Å²) >= 11 is 6.81. The van der Waals surface area contributed by atoms with Gasteiger partial charge >= 0.3 is 0 Å². The van der Waals surface area contributed by atoms with Crippen molar-refractivity contribution in [3.8, 4) is 17.9 Å². The van der Waals surface area contributed by atoms with Gasteiger partial charge in [0.05, 0.1) is 8.95 Å². The Labute approximate surface area is 149 Å². The lowest BCUT2D eigenvalue weighted by Gasteiger charge is -2.11. The van der Waals surface area contributed by atoms with Gasteiger partial charge in [-0.2, -0.15) is 10.5 Å². The molecule has 23 heavy (non-hydrogen) atoms. The summed E-state index contributed by atoms with van der Waals surface area (Å²) in [6, 6.07) is 13.2. The second-order valence-corrected chi connectivity index (χ2v) is 6.22. The molecule has 0 spiro atoms. The molecule has 2 rings (SSSR count). The minimum atomic E-state index is -0.293. The van der Waals surface area contributed by atoms with Gasteiger partial charge in [0.25, 0.3) is 0 Å². The number of ether oxygens (including phenoxy) is 1. The first-order valence-electron chi connectivity index (χ1n) is 6.41. The SMILES string of the molecule is N#CC(C#N)=Cc1cc(Br)c(OCc2ccc(F)cc2)c(Br)c1. The van der Waals surface area contributed by atoms with E-state index < -0.39 is 0 Å². The van der Waals surface area contributed by atoms with Crippen LogP contribution in [0.15, 0.2) is 50.9 Å². The molecule has 2 aromatic rings. The highest BCUT2D eigenvalue weighted by Crippen LogP contribution is 2.36. The van der Waals surface area contributed by atoms with Gasteiger partial charge in [-0.1, -0.05) is 12.1 Å². The van der Waals surface area contributed by atoms with Crippen molar-refractivity contribution in [1.82, 2.24) is 0 Å². The molecule has 0 saturated heterocycles. The number of nitrogens with zero attached hydrogens (tertiary/aromatic N) is 2. The van der Waals surface area contributed by atoms with Crippen LogP contribution < -0.4 is 4.74 Å². The quantitative estimate of drug-likeness (QED) is 0.607. The van der Waals surface area contributed by atoms with E-state index in [0.717, 1.165) is 5.56 Å². The van der Waals surface area contributed by atoms with Crippen LogP contribution in [0.5, 0.6) is 5.75 Å². The maximum atomic E-state index is 12.9. The Morgan fingerprint density at radius 3 is 2.17 bits per heavy atom. The summed E-state index contributed by atoms with van der Waals surface area (Å²) in [6.07, 6.45) is 1.49. The van der Waals surface area contributed by atoms with Crippen molar-refractivity contribution in [2.24, 2.45) is 0 Å². The van der Waals surface area contributed by atoms with Gasteiger partial charge in [0.1, 0.15) is 35.9 Å². The van der Waals surface area contributed by atoms with Gasteiger partial charge in [0.15, 0.2) is 0 Å². The molecule has 6 heteroatoms. The first-order chi connectivity index (χ1) is 11.0. The maximum Gasteiger partial charge on any atom is 0.148 e. The van der Waals surface area contributed by atoms with Gasteiger partial charge in [-0.25, -0.2) is 4.39 Å². The van der Waals surface area contributed by atoms with Crippen LogP contribution in [0.4, 0.5) is 4.39 Å². The van der Waals surface area contributed by atoms with Crippen molar-refractivity contribution < 1.29 is 9.13 Å². The van der Waals surface area contributed by atoms with Crippen LogP contribution in [0.2, 0.25) is 0 Å². The van der Waals surface area contributed by atoms with Crippen molar-refractivity contribution in [1.29, 1.82) is 10.5 Å². The lowest BCUT2D eigenvalue weighted by molar-refractivity contribution is 0.302. The number of hydrogen-bond donors (Lipinski definition) is 0. The zero-order valence-corrected chi connectivity index (χ0v) is 14.9. The van der Waals surface area contributed by atoms with Gasteiger partial charge < -0.3 is 4.74 Å². The molecule has 0 bridgehead atoms. The lowest BCUT2D eigenvalue weighted by atomic mass is 10.1. The van der Waals surface area contributed by atoms with Crippen molar-refractivity contribution in [3.63, 3.8) is 0 Å². The molecule has 0 N–H and O–H groups in total. The summed E-state index contributed by atoms with van der Waals surface area (Å²) in [6.45, 7) is 0.286. The molecular formula is C17H9Br2FN2O. The summed E-state index contributed by atoms with van der Waals surface area (Å²) in [5.74, 6) is 0.292. The van der Waals surface area contributed by atoms with E-state index in [4.69, 9.17) is 15.3 Å². The maximum absolute atomic E-state index is 12.9. The average Bonchev–Trinajstić information content (AvgIpc) is 2.53. The van der Waals surface area contributed by atoms with Gasteiger partial charge in [-0.15, -0.1) is 0 Å². The van der Waals surface area contributed by atoms with Crippen molar-refractivity contribution in [2.75, 3.05) is 0 Å². The van der Waals surface area contributed by atoms with Crippen molar-refractivity contribution in [3.05, 3.63) is 67.9 Å². The predicted octanol–water partition coefficient (Wildman–Crippen LogP) is 5.36. The molecule has 0 saturated carbocycles. The Morgan fingerprint density at radius 2 is 1.65 bits per heavy atom. The average molecular weight is 436 g/mol. The van der Waals surface area contributed by atoms with E-state index in [1.165, 1.54) is 18.2 Å². The monoisotopic (exact) mass is 434 g/mol. The summed E-state index contributed by atoms with van der Waals surface area (Å²) in [4.78, 5) is 0. The highest BCUT2D eigenvalue weighted by atomic mass is 79.9. The Morgan fingerprint density at radius 1 is 1.09 bits per heavy atom. The van der Waals surface area contributed by atoms with Gasteiger partial charge in [-0.05, 0) is 73.3 Å². The number of allylic oxidation sites excluding steroid dienone is 1. The van der Waals surface area contributed by atoms with Crippen LogP contribution in [0, 0.1) is 28.5 Å². The van der Waals surface area contributed by atoms with E-state index >= 15 is 0 Å². The Balaban J connectivity index is 2.21. The molecule has 0 amide bonds. The molecule has 3 nitrogen and oxygen atoms in total. The molecule has 0 aliphatic carbocycles. The van der Waals surface area contributed by atoms with E-state index in [2.05, 4.69) is 31.9 Å². The second kappa shape index (κ2) is 7.92. The molecule has 0 atom stereocenters. The molecule has 0 aliphatic rings. The lowest BCUT2D eigenvalue weighted by Crippen LogP contribution is -1.97. The first kappa shape index (κ1) is 17.2. The number of hydrogen-bond acceptors (Lipinski definition) is 3. The first-order valence-corrected chi connectivity index (χ1v) is 8.00. The fourth-order valence-corrected chi connectivity index (χ4v) is 3.24. The fraction of sp³-hybridized carbons (Fsp3) is 0.0588. The zero-order valence-electron chi connectivity index (χ0n) is 11.7. The smallest absolute Gasteiger partial charge is 0.148 e. The Hall–Kier alpha value is -2.15. The highest BCUT2D eigenvalue weighted by Gasteiger charge is 2.09. The zero-order chi connectivity index (χ0) is 16.8. The van der Waals surface area contributed by atoms with Crippen LogP contribution in [0.3, 0.4) is 0 Å². The van der Waals surface area contributed by atoms with Gasteiger partial charge in [0, 0.05) is 0 Å². The van der Waals surface area contributed by atoms with E-state index in [0.29, 0.717) is 20.3 Å². The molecule has 0 unspecified atom stereocenters. The minimum Gasteiger partial charge on any atom is -0.487 e. The van der Waals surface area contributed by atoms with E-state index in [9.17, 15) is 4.39 Å². The second-order valence-electron chi connectivity index (χ2n) is 4.51. The van der Waals surface area contributed by atoms with Crippen LogP contribution in [0.25, 0.3) is 6.08 Å². The van der Waals surface area contributed by atoms with E-state index in [-0.39, 0.29) is 18.0 Å². The van der Waals surface area contributed by atoms with E-state index in [1.54, 1.807) is 24.3 Å². The third-order valence-electron chi connectivity index (χ3n) is 2.87. The molecule has 0 radical (unpaired) electrons. The number of rotatable bonds is 4. The Bertz CT molecular complexity index is 794. The topological polar surface area (TPSA) is 56.8 Å². The number of halogens is 3. The summed E-state index contributed by atoms with van der Waals surface area (Å²) in [7, 11) is 0. The third-order valence-corrected chi connectivity index (χ3v) is 4.05. The number of nitriles is 2. The molecule has 0 aliphatic heterocycles. The number of benzene rings is 2. The summed E-state index contributed by atoms with van der Waals surface area (Å²) in [5, 5.41) is 17.6. The Kier molecular flexibility index (Phi) is 5.92. The largest absolute Gasteiger partial charge is 0.487 e. The normalized spacial score (nSPS) is 9.61. The predicted molar refractivity (Wildman–Crippen MR) is 91.8 cm³/mol. The van der Waals surface area contributed by atoms with Crippen LogP contribution in [-0.2, 0) is 6.61 Å². The van der Waals surface area contributed by atoms with Crippen LogP contribution >= 0.6 is 31.9 Å².